The summed E-state index contributed by atoms with van der Waals surface area (Å²) in [5.74, 6) is 0. The molecule has 1 fully saturated rings. The maximum atomic E-state index is 6.05. The van der Waals surface area contributed by atoms with Crippen LogP contribution in [0.25, 0.3) is 0 Å². The fraction of sp³-hybridized carbons (Fsp3) is 0.368. The Morgan fingerprint density at radius 2 is 1.83 bits per heavy atom. The van der Waals surface area contributed by atoms with E-state index in [9.17, 15) is 0 Å². The Bertz CT molecular complexity index is 599. The predicted molar refractivity (Wildman–Crippen MR) is 94.7 cm³/mol. The Kier molecular flexibility index (Phi) is 6.06. The Morgan fingerprint density at radius 3 is 2.57 bits per heavy atom. The lowest BCUT2D eigenvalue weighted by atomic mass is 10.0. The fourth-order valence-electron chi connectivity index (χ4n) is 3.02. The van der Waals surface area contributed by atoms with Gasteiger partial charge in [0.05, 0.1) is 13.2 Å². The minimum Gasteiger partial charge on any atom is -0.379 e. The van der Waals surface area contributed by atoms with Crippen LogP contribution in [0, 0.1) is 0 Å². The standard InChI is InChI=1S/C19H23ClN2O/c20-18-8-4-5-16(13-18)14-21-15-19(17-6-2-1-3-7-17)22-9-11-23-12-10-22/h1-8,13,19,21H,9-12,14-15H2. The SMILES string of the molecule is Clc1cccc(CNCC(c2ccccc2)N2CCOCC2)c1. The summed E-state index contributed by atoms with van der Waals surface area (Å²) in [7, 11) is 0. The molecule has 1 heterocycles. The van der Waals surface area contributed by atoms with E-state index >= 15 is 0 Å². The number of rotatable bonds is 6. The zero-order valence-corrected chi connectivity index (χ0v) is 14.0. The molecule has 1 aliphatic heterocycles. The lowest BCUT2D eigenvalue weighted by Crippen LogP contribution is -2.42. The highest BCUT2D eigenvalue weighted by atomic mass is 35.5. The van der Waals surface area contributed by atoms with Crippen molar-refractivity contribution < 1.29 is 4.74 Å². The van der Waals surface area contributed by atoms with Crippen molar-refractivity contribution >= 4 is 11.6 Å². The molecule has 2 aromatic carbocycles. The molecule has 4 heteroatoms. The van der Waals surface area contributed by atoms with Gasteiger partial charge in [-0.15, -0.1) is 0 Å². The number of ether oxygens (including phenoxy) is 1. The van der Waals surface area contributed by atoms with E-state index in [0.29, 0.717) is 6.04 Å². The third kappa shape index (κ3) is 4.79. The van der Waals surface area contributed by atoms with Crippen LogP contribution in [0.1, 0.15) is 17.2 Å². The lowest BCUT2D eigenvalue weighted by molar-refractivity contribution is 0.0161. The molecule has 2 aromatic rings. The van der Waals surface area contributed by atoms with Crippen LogP contribution >= 0.6 is 11.6 Å². The highest BCUT2D eigenvalue weighted by Crippen LogP contribution is 2.21. The van der Waals surface area contributed by atoms with Crippen LogP contribution in [0.15, 0.2) is 54.6 Å². The largest absolute Gasteiger partial charge is 0.379 e. The third-order valence-electron chi connectivity index (χ3n) is 4.23. The van der Waals surface area contributed by atoms with Crippen LogP contribution in [0.2, 0.25) is 5.02 Å². The smallest absolute Gasteiger partial charge is 0.0594 e. The van der Waals surface area contributed by atoms with E-state index in [1.165, 1.54) is 11.1 Å². The molecule has 0 saturated carbocycles. The Morgan fingerprint density at radius 1 is 1.04 bits per heavy atom. The molecule has 1 unspecified atom stereocenters. The van der Waals surface area contributed by atoms with Gasteiger partial charge in [-0.05, 0) is 23.3 Å². The molecule has 122 valence electrons. The van der Waals surface area contributed by atoms with Gasteiger partial charge in [0.25, 0.3) is 0 Å². The monoisotopic (exact) mass is 330 g/mol. The summed E-state index contributed by atoms with van der Waals surface area (Å²) in [5, 5.41) is 4.37. The van der Waals surface area contributed by atoms with E-state index in [1.807, 2.05) is 18.2 Å². The van der Waals surface area contributed by atoms with Crippen molar-refractivity contribution in [2.45, 2.75) is 12.6 Å². The third-order valence-corrected chi connectivity index (χ3v) is 4.46. The molecule has 23 heavy (non-hydrogen) atoms. The molecule has 1 N–H and O–H groups in total. The van der Waals surface area contributed by atoms with Gasteiger partial charge in [0.15, 0.2) is 0 Å². The first-order chi connectivity index (χ1) is 11.3. The van der Waals surface area contributed by atoms with E-state index in [2.05, 4.69) is 46.6 Å². The van der Waals surface area contributed by atoms with Gasteiger partial charge >= 0.3 is 0 Å². The second-order valence-corrected chi connectivity index (χ2v) is 6.27. The Labute approximate surface area is 143 Å². The second kappa shape index (κ2) is 8.46. The van der Waals surface area contributed by atoms with E-state index < -0.39 is 0 Å². The van der Waals surface area contributed by atoms with Gasteiger partial charge in [0.1, 0.15) is 0 Å². The summed E-state index contributed by atoms with van der Waals surface area (Å²) >= 11 is 6.05. The highest BCUT2D eigenvalue weighted by molar-refractivity contribution is 6.30. The number of morpholine rings is 1. The van der Waals surface area contributed by atoms with Gasteiger partial charge in [-0.3, -0.25) is 4.90 Å². The van der Waals surface area contributed by atoms with Crippen molar-refractivity contribution in [3.63, 3.8) is 0 Å². The van der Waals surface area contributed by atoms with Gasteiger partial charge < -0.3 is 10.1 Å². The first-order valence-electron chi connectivity index (χ1n) is 8.15. The summed E-state index contributed by atoms with van der Waals surface area (Å²) < 4.78 is 5.50. The lowest BCUT2D eigenvalue weighted by Gasteiger charge is -2.35. The van der Waals surface area contributed by atoms with Crippen LogP contribution in [0.3, 0.4) is 0 Å². The zero-order chi connectivity index (χ0) is 15.9. The average Bonchev–Trinajstić information content (AvgIpc) is 2.60. The van der Waals surface area contributed by atoms with Gasteiger partial charge in [-0.25, -0.2) is 0 Å². The predicted octanol–water partition coefficient (Wildman–Crippen LogP) is 3.50. The first-order valence-corrected chi connectivity index (χ1v) is 8.52. The number of nitrogens with one attached hydrogen (secondary N) is 1. The second-order valence-electron chi connectivity index (χ2n) is 5.84. The summed E-state index contributed by atoms with van der Waals surface area (Å²) in [5.41, 5.74) is 2.57. The molecule has 0 spiro atoms. The van der Waals surface area contributed by atoms with Gasteiger partial charge in [-0.2, -0.15) is 0 Å². The maximum absolute atomic E-state index is 6.05. The summed E-state index contributed by atoms with van der Waals surface area (Å²) in [6.45, 7) is 5.34. The van der Waals surface area contributed by atoms with Crippen molar-refractivity contribution in [1.82, 2.24) is 10.2 Å². The van der Waals surface area contributed by atoms with E-state index in [4.69, 9.17) is 16.3 Å². The molecular weight excluding hydrogens is 308 g/mol. The summed E-state index contributed by atoms with van der Waals surface area (Å²) in [6, 6.07) is 19.1. The molecule has 3 nitrogen and oxygen atoms in total. The normalized spacial score (nSPS) is 17.1. The van der Waals surface area contributed by atoms with Crippen molar-refractivity contribution in [3.8, 4) is 0 Å². The van der Waals surface area contributed by atoms with E-state index in [0.717, 1.165) is 44.4 Å². The molecule has 3 rings (SSSR count). The molecule has 1 saturated heterocycles. The van der Waals surface area contributed by atoms with Crippen LogP contribution < -0.4 is 5.32 Å². The first kappa shape index (κ1) is 16.5. The fourth-order valence-corrected chi connectivity index (χ4v) is 3.24. The summed E-state index contributed by atoms with van der Waals surface area (Å²) in [6.07, 6.45) is 0. The van der Waals surface area contributed by atoms with Crippen LogP contribution in [0.5, 0.6) is 0 Å². The Balaban J connectivity index is 1.64. The number of benzene rings is 2. The molecule has 0 radical (unpaired) electrons. The quantitative estimate of drug-likeness (QED) is 0.877. The summed E-state index contributed by atoms with van der Waals surface area (Å²) in [4.78, 5) is 2.50. The van der Waals surface area contributed by atoms with Gasteiger partial charge in [0.2, 0.25) is 0 Å². The molecule has 0 bridgehead atoms. The van der Waals surface area contributed by atoms with E-state index in [1.54, 1.807) is 0 Å². The van der Waals surface area contributed by atoms with Gasteiger partial charge in [0, 0.05) is 37.2 Å². The number of nitrogens with zero attached hydrogens (tertiary/aromatic N) is 1. The minimum atomic E-state index is 0.374. The number of halogens is 1. The average molecular weight is 331 g/mol. The maximum Gasteiger partial charge on any atom is 0.0594 e. The topological polar surface area (TPSA) is 24.5 Å². The molecule has 1 atom stereocenters. The molecule has 0 aromatic heterocycles. The van der Waals surface area contributed by atoms with Crippen molar-refractivity contribution in [2.75, 3.05) is 32.8 Å². The highest BCUT2D eigenvalue weighted by Gasteiger charge is 2.22. The van der Waals surface area contributed by atoms with Crippen LogP contribution in [-0.4, -0.2) is 37.7 Å². The molecular formula is C19H23ClN2O. The van der Waals surface area contributed by atoms with Crippen molar-refractivity contribution in [1.29, 1.82) is 0 Å². The number of hydrogen-bond acceptors (Lipinski definition) is 3. The van der Waals surface area contributed by atoms with Crippen molar-refractivity contribution in [3.05, 3.63) is 70.7 Å². The molecule has 1 aliphatic rings. The van der Waals surface area contributed by atoms with Gasteiger partial charge in [-0.1, -0.05) is 54.1 Å². The molecule has 0 aliphatic carbocycles. The van der Waals surface area contributed by atoms with Crippen LogP contribution in [0.4, 0.5) is 0 Å². The van der Waals surface area contributed by atoms with Crippen molar-refractivity contribution in [2.24, 2.45) is 0 Å². The van der Waals surface area contributed by atoms with E-state index in [-0.39, 0.29) is 0 Å². The number of hydrogen-bond donors (Lipinski definition) is 1. The van der Waals surface area contributed by atoms with Crippen LogP contribution in [-0.2, 0) is 11.3 Å². The Hall–Kier alpha value is -1.39. The zero-order valence-electron chi connectivity index (χ0n) is 13.2. The molecule has 0 amide bonds. The minimum absolute atomic E-state index is 0.374.